The van der Waals surface area contributed by atoms with Gasteiger partial charge in [-0.15, -0.1) is 0 Å². The lowest BCUT2D eigenvalue weighted by Crippen LogP contribution is -2.48. The molecule has 0 bridgehead atoms. The van der Waals surface area contributed by atoms with Gasteiger partial charge >= 0.3 is 5.69 Å². The Labute approximate surface area is 141 Å². The Kier molecular flexibility index (Phi) is 5.80. The molecule has 1 aliphatic rings. The first-order valence-electron chi connectivity index (χ1n) is 8.18. The summed E-state index contributed by atoms with van der Waals surface area (Å²) in [4.78, 5) is 28.6. The van der Waals surface area contributed by atoms with E-state index in [1.807, 2.05) is 18.0 Å². The molecule has 1 N–H and O–H groups in total. The van der Waals surface area contributed by atoms with Crippen LogP contribution in [-0.2, 0) is 14.1 Å². The van der Waals surface area contributed by atoms with Crippen LogP contribution in [0.4, 0.5) is 5.82 Å². The predicted octanol–water partition coefficient (Wildman–Crippen LogP) is -0.761. The van der Waals surface area contributed by atoms with Crippen LogP contribution < -0.4 is 16.1 Å². The summed E-state index contributed by atoms with van der Waals surface area (Å²) >= 11 is 0. The average molecular weight is 335 g/mol. The van der Waals surface area contributed by atoms with Gasteiger partial charge in [0.15, 0.2) is 5.56 Å². The third-order valence-electron chi connectivity index (χ3n) is 4.80. The SMILES string of the molecule is CN(CCCO)C1CCN(c2c(C#N)c(=O)n(C)c(=O)n2C)CC1. The Morgan fingerprint density at radius 3 is 2.42 bits per heavy atom. The van der Waals surface area contributed by atoms with Crippen LogP contribution in [0.15, 0.2) is 9.59 Å². The molecule has 0 saturated carbocycles. The van der Waals surface area contributed by atoms with Crippen LogP contribution in [0.2, 0.25) is 0 Å². The summed E-state index contributed by atoms with van der Waals surface area (Å²) in [6.07, 6.45) is 2.52. The van der Waals surface area contributed by atoms with E-state index in [1.165, 1.54) is 11.6 Å². The van der Waals surface area contributed by atoms with Crippen molar-refractivity contribution in [1.29, 1.82) is 5.26 Å². The summed E-state index contributed by atoms with van der Waals surface area (Å²) in [5.74, 6) is 0.419. The summed E-state index contributed by atoms with van der Waals surface area (Å²) in [5.41, 5.74) is -0.944. The van der Waals surface area contributed by atoms with E-state index >= 15 is 0 Å². The number of aromatic nitrogens is 2. The van der Waals surface area contributed by atoms with Crippen LogP contribution in [-0.4, -0.2) is 58.5 Å². The van der Waals surface area contributed by atoms with Gasteiger partial charge in [0.25, 0.3) is 5.56 Å². The number of aliphatic hydroxyl groups is 1. The molecule has 2 heterocycles. The van der Waals surface area contributed by atoms with Crippen molar-refractivity contribution in [2.24, 2.45) is 14.1 Å². The molecule has 132 valence electrons. The van der Waals surface area contributed by atoms with E-state index < -0.39 is 11.2 Å². The van der Waals surface area contributed by atoms with Crippen LogP contribution >= 0.6 is 0 Å². The molecule has 8 heteroatoms. The molecular formula is C16H25N5O3. The average Bonchev–Trinajstić information content (AvgIpc) is 2.60. The topological polar surface area (TPSA) is 94.5 Å². The summed E-state index contributed by atoms with van der Waals surface area (Å²) < 4.78 is 2.35. The molecule has 24 heavy (non-hydrogen) atoms. The van der Waals surface area contributed by atoms with Crippen molar-refractivity contribution in [3.8, 4) is 6.07 Å². The monoisotopic (exact) mass is 335 g/mol. The number of nitrogens with zero attached hydrogens (tertiary/aromatic N) is 5. The summed E-state index contributed by atoms with van der Waals surface area (Å²) in [7, 11) is 5.03. The third kappa shape index (κ3) is 3.37. The standard InChI is InChI=1S/C16H25N5O3/c1-18(7-4-10-22)12-5-8-21(9-6-12)14-13(11-17)15(23)20(3)16(24)19(14)2/h12,22H,4-10H2,1-3H3. The van der Waals surface area contributed by atoms with E-state index in [2.05, 4.69) is 4.90 Å². The minimum Gasteiger partial charge on any atom is -0.396 e. The minimum atomic E-state index is -0.544. The number of aliphatic hydroxyl groups excluding tert-OH is 1. The fraction of sp³-hybridized carbons (Fsp3) is 0.688. The van der Waals surface area contributed by atoms with Gasteiger partial charge in [0.1, 0.15) is 11.9 Å². The normalized spacial score (nSPS) is 15.8. The van der Waals surface area contributed by atoms with E-state index in [9.17, 15) is 14.9 Å². The molecule has 8 nitrogen and oxygen atoms in total. The van der Waals surface area contributed by atoms with E-state index in [0.29, 0.717) is 24.9 Å². The highest BCUT2D eigenvalue weighted by Crippen LogP contribution is 2.22. The second kappa shape index (κ2) is 7.64. The number of piperidine rings is 1. The van der Waals surface area contributed by atoms with Gasteiger partial charge in [0.05, 0.1) is 0 Å². The van der Waals surface area contributed by atoms with Gasteiger partial charge < -0.3 is 14.9 Å². The van der Waals surface area contributed by atoms with Crippen LogP contribution in [0.25, 0.3) is 0 Å². The highest BCUT2D eigenvalue weighted by molar-refractivity contribution is 5.53. The molecule has 1 aliphatic heterocycles. The molecule has 0 radical (unpaired) electrons. The van der Waals surface area contributed by atoms with Crippen molar-refractivity contribution in [1.82, 2.24) is 14.0 Å². The fourth-order valence-electron chi connectivity index (χ4n) is 3.32. The predicted molar refractivity (Wildman–Crippen MR) is 91.2 cm³/mol. The maximum Gasteiger partial charge on any atom is 0.332 e. The van der Waals surface area contributed by atoms with Gasteiger partial charge in [-0.3, -0.25) is 13.9 Å². The second-order valence-corrected chi connectivity index (χ2v) is 6.29. The zero-order chi connectivity index (χ0) is 17.9. The van der Waals surface area contributed by atoms with Crippen LogP contribution in [0, 0.1) is 11.3 Å². The highest BCUT2D eigenvalue weighted by atomic mass is 16.3. The van der Waals surface area contributed by atoms with Crippen molar-refractivity contribution in [2.75, 3.05) is 38.2 Å². The van der Waals surface area contributed by atoms with Crippen LogP contribution in [0.5, 0.6) is 0 Å². The number of anilines is 1. The molecule has 0 aromatic carbocycles. The van der Waals surface area contributed by atoms with Crippen LogP contribution in [0.1, 0.15) is 24.8 Å². The van der Waals surface area contributed by atoms with Gasteiger partial charge in [0, 0.05) is 46.4 Å². The first-order chi connectivity index (χ1) is 11.4. The van der Waals surface area contributed by atoms with Crippen molar-refractivity contribution < 1.29 is 5.11 Å². The Bertz CT molecular complexity index is 738. The van der Waals surface area contributed by atoms with Gasteiger partial charge in [-0.05, 0) is 26.3 Å². The van der Waals surface area contributed by atoms with Gasteiger partial charge in [-0.2, -0.15) is 5.26 Å². The Balaban J connectivity index is 2.23. The molecule has 1 aromatic heterocycles. The lowest BCUT2D eigenvalue weighted by atomic mass is 10.0. The molecule has 2 rings (SSSR count). The largest absolute Gasteiger partial charge is 0.396 e. The summed E-state index contributed by atoms with van der Waals surface area (Å²) in [6.45, 7) is 2.39. The second-order valence-electron chi connectivity index (χ2n) is 6.29. The Morgan fingerprint density at radius 2 is 1.88 bits per heavy atom. The molecule has 0 amide bonds. The molecular weight excluding hydrogens is 310 g/mol. The number of nitriles is 1. The quantitative estimate of drug-likeness (QED) is 0.760. The summed E-state index contributed by atoms with van der Waals surface area (Å²) in [5, 5.41) is 18.3. The van der Waals surface area contributed by atoms with Crippen molar-refractivity contribution in [3.05, 3.63) is 26.4 Å². The van der Waals surface area contributed by atoms with Gasteiger partial charge in [-0.1, -0.05) is 0 Å². The molecule has 1 fully saturated rings. The Hall–Kier alpha value is -2.11. The number of hydrogen-bond donors (Lipinski definition) is 1. The lowest BCUT2D eigenvalue weighted by Gasteiger charge is -2.38. The molecule has 1 saturated heterocycles. The number of hydrogen-bond acceptors (Lipinski definition) is 6. The maximum atomic E-state index is 12.2. The van der Waals surface area contributed by atoms with Crippen molar-refractivity contribution >= 4 is 5.82 Å². The molecule has 0 unspecified atom stereocenters. The smallest absolute Gasteiger partial charge is 0.332 e. The zero-order valence-electron chi connectivity index (χ0n) is 14.5. The molecule has 1 aromatic rings. The summed E-state index contributed by atoms with van der Waals surface area (Å²) in [6, 6.07) is 2.36. The van der Waals surface area contributed by atoms with Crippen LogP contribution in [0.3, 0.4) is 0 Å². The van der Waals surface area contributed by atoms with E-state index in [-0.39, 0.29) is 12.2 Å². The maximum absolute atomic E-state index is 12.2. The van der Waals surface area contributed by atoms with E-state index in [1.54, 1.807) is 7.05 Å². The first kappa shape index (κ1) is 18.2. The minimum absolute atomic E-state index is 0.0201. The van der Waals surface area contributed by atoms with E-state index in [4.69, 9.17) is 5.11 Å². The zero-order valence-corrected chi connectivity index (χ0v) is 14.5. The van der Waals surface area contributed by atoms with Crippen molar-refractivity contribution in [2.45, 2.75) is 25.3 Å². The van der Waals surface area contributed by atoms with Crippen molar-refractivity contribution in [3.63, 3.8) is 0 Å². The lowest BCUT2D eigenvalue weighted by molar-refractivity contribution is 0.184. The Morgan fingerprint density at radius 1 is 1.25 bits per heavy atom. The third-order valence-corrected chi connectivity index (χ3v) is 4.80. The first-order valence-corrected chi connectivity index (χ1v) is 8.18. The molecule has 0 atom stereocenters. The molecule has 0 spiro atoms. The van der Waals surface area contributed by atoms with Gasteiger partial charge in [-0.25, -0.2) is 4.79 Å². The van der Waals surface area contributed by atoms with Gasteiger partial charge in [0.2, 0.25) is 0 Å². The molecule has 0 aliphatic carbocycles. The van der Waals surface area contributed by atoms with E-state index in [0.717, 1.165) is 30.4 Å². The fourth-order valence-corrected chi connectivity index (χ4v) is 3.32. The highest BCUT2D eigenvalue weighted by Gasteiger charge is 2.27. The number of rotatable bonds is 5.